The second-order valence-corrected chi connectivity index (χ2v) is 6.62. The first-order valence-electron chi connectivity index (χ1n) is 5.54. The number of nitrogens with two attached hydrogens (primary N) is 1. The van der Waals surface area contributed by atoms with Gasteiger partial charge in [-0.3, -0.25) is 0 Å². The average molecular weight is 478 g/mol. The molecule has 0 amide bonds. The number of rotatable bonds is 2. The molecule has 1 aromatic carbocycles. The molecule has 1 aromatic heterocycles. The third kappa shape index (κ3) is 2.86. The fraction of sp³-hybridized carbons (Fsp3) is 0.0769. The van der Waals surface area contributed by atoms with Gasteiger partial charge in [0.1, 0.15) is 6.07 Å². The Morgan fingerprint density at radius 1 is 1.33 bits per heavy atom. The van der Waals surface area contributed by atoms with Crippen molar-refractivity contribution in [1.82, 2.24) is 4.57 Å². The largest absolute Gasteiger partial charge is 0.464 e. The van der Waals surface area contributed by atoms with Crippen LogP contribution in [0.4, 0.5) is 5.69 Å². The standard InChI is InChI=1S/C13H8Br3N3O2/c1-21-13(20)12-10(18)6(4-17)5-19(12)11-8(15)2-7(14)3-9(11)16/h2-3,5H,18H2,1H3. The Morgan fingerprint density at radius 3 is 2.38 bits per heavy atom. The van der Waals surface area contributed by atoms with Gasteiger partial charge in [0.15, 0.2) is 5.69 Å². The molecular formula is C13H8Br3N3O2. The maximum atomic E-state index is 12.0. The number of nitrogen functional groups attached to an aromatic ring is 1. The minimum Gasteiger partial charge on any atom is -0.464 e. The zero-order valence-corrected chi connectivity index (χ0v) is 15.4. The van der Waals surface area contributed by atoms with Gasteiger partial charge < -0.3 is 15.0 Å². The van der Waals surface area contributed by atoms with Crippen LogP contribution in [0.3, 0.4) is 0 Å². The van der Waals surface area contributed by atoms with E-state index in [1.54, 1.807) is 0 Å². The quantitative estimate of drug-likeness (QED) is 0.663. The van der Waals surface area contributed by atoms with Crippen LogP contribution in [0.1, 0.15) is 16.1 Å². The van der Waals surface area contributed by atoms with Gasteiger partial charge in [-0.05, 0) is 44.0 Å². The molecule has 1 heterocycles. The van der Waals surface area contributed by atoms with E-state index in [0.29, 0.717) is 14.6 Å². The van der Waals surface area contributed by atoms with E-state index in [1.807, 2.05) is 18.2 Å². The summed E-state index contributed by atoms with van der Waals surface area (Å²) in [5, 5.41) is 9.11. The van der Waals surface area contributed by atoms with Gasteiger partial charge in [0.25, 0.3) is 0 Å². The van der Waals surface area contributed by atoms with E-state index >= 15 is 0 Å². The number of nitrogens with zero attached hydrogens (tertiary/aromatic N) is 2. The molecule has 0 fully saturated rings. The lowest BCUT2D eigenvalue weighted by atomic mass is 10.2. The number of benzene rings is 1. The predicted octanol–water partition coefficient (Wildman–Crippen LogP) is 4.01. The molecule has 5 nitrogen and oxygen atoms in total. The van der Waals surface area contributed by atoms with Crippen LogP contribution in [0.5, 0.6) is 0 Å². The molecule has 8 heteroatoms. The number of hydrogen-bond acceptors (Lipinski definition) is 4. The van der Waals surface area contributed by atoms with E-state index in [9.17, 15) is 4.79 Å². The van der Waals surface area contributed by atoms with Crippen molar-refractivity contribution in [3.63, 3.8) is 0 Å². The van der Waals surface area contributed by atoms with E-state index in [0.717, 1.165) is 4.47 Å². The summed E-state index contributed by atoms with van der Waals surface area (Å²) in [6.45, 7) is 0. The Morgan fingerprint density at radius 2 is 1.90 bits per heavy atom. The molecule has 2 rings (SSSR count). The molecule has 0 aliphatic heterocycles. The topological polar surface area (TPSA) is 81.0 Å². The lowest BCUT2D eigenvalue weighted by molar-refractivity contribution is 0.0593. The monoisotopic (exact) mass is 475 g/mol. The second-order valence-electron chi connectivity index (χ2n) is 4.00. The fourth-order valence-electron chi connectivity index (χ4n) is 1.86. The van der Waals surface area contributed by atoms with Gasteiger partial charge in [0, 0.05) is 19.6 Å². The molecule has 21 heavy (non-hydrogen) atoms. The number of carbonyl (C=O) groups excluding carboxylic acids is 1. The van der Waals surface area contributed by atoms with E-state index in [2.05, 4.69) is 47.8 Å². The second kappa shape index (κ2) is 6.22. The van der Waals surface area contributed by atoms with Crippen LogP contribution in [-0.4, -0.2) is 17.6 Å². The fourth-order valence-corrected chi connectivity index (χ4v) is 4.50. The summed E-state index contributed by atoms with van der Waals surface area (Å²) in [6.07, 6.45) is 1.50. The van der Waals surface area contributed by atoms with E-state index in [4.69, 9.17) is 15.7 Å². The number of esters is 1. The van der Waals surface area contributed by atoms with Crippen LogP contribution < -0.4 is 5.73 Å². The Bertz CT molecular complexity index is 755. The summed E-state index contributed by atoms with van der Waals surface area (Å²) < 4.78 is 8.56. The zero-order chi connectivity index (χ0) is 15.7. The smallest absolute Gasteiger partial charge is 0.357 e. The molecule has 0 unspecified atom stereocenters. The van der Waals surface area contributed by atoms with Crippen LogP contribution >= 0.6 is 47.8 Å². The normalized spacial score (nSPS) is 10.2. The number of nitriles is 1. The highest BCUT2D eigenvalue weighted by Gasteiger charge is 2.24. The van der Waals surface area contributed by atoms with Crippen LogP contribution in [0.2, 0.25) is 0 Å². The molecule has 0 saturated heterocycles. The summed E-state index contributed by atoms with van der Waals surface area (Å²) in [7, 11) is 1.26. The van der Waals surface area contributed by atoms with Crippen molar-refractivity contribution in [3.05, 3.63) is 43.0 Å². The lowest BCUT2D eigenvalue weighted by Gasteiger charge is -2.13. The summed E-state index contributed by atoms with van der Waals surface area (Å²) >= 11 is 10.3. The molecule has 0 saturated carbocycles. The van der Waals surface area contributed by atoms with Crippen molar-refractivity contribution in [2.45, 2.75) is 0 Å². The molecule has 108 valence electrons. The minimum atomic E-state index is -0.615. The molecule has 0 aliphatic rings. The highest BCUT2D eigenvalue weighted by atomic mass is 79.9. The first-order chi connectivity index (χ1) is 9.90. The van der Waals surface area contributed by atoms with E-state index in [-0.39, 0.29) is 16.9 Å². The molecular weight excluding hydrogens is 470 g/mol. The number of carbonyl (C=O) groups is 1. The highest BCUT2D eigenvalue weighted by molar-refractivity contribution is 9.11. The van der Waals surface area contributed by atoms with Gasteiger partial charge in [0.2, 0.25) is 0 Å². The van der Waals surface area contributed by atoms with Crippen molar-refractivity contribution in [3.8, 4) is 11.8 Å². The van der Waals surface area contributed by atoms with Crippen molar-refractivity contribution < 1.29 is 9.53 Å². The van der Waals surface area contributed by atoms with Gasteiger partial charge in [-0.25, -0.2) is 4.79 Å². The molecule has 2 aromatic rings. The summed E-state index contributed by atoms with van der Waals surface area (Å²) in [5.74, 6) is -0.615. The Hall–Kier alpha value is -1.30. The predicted molar refractivity (Wildman–Crippen MR) is 89.3 cm³/mol. The first kappa shape index (κ1) is 16.1. The van der Waals surface area contributed by atoms with Crippen LogP contribution in [-0.2, 0) is 4.74 Å². The van der Waals surface area contributed by atoms with E-state index < -0.39 is 5.97 Å². The maximum Gasteiger partial charge on any atom is 0.357 e. The Labute approximate surface area is 146 Å². The minimum absolute atomic E-state index is 0.0890. The van der Waals surface area contributed by atoms with Gasteiger partial charge >= 0.3 is 5.97 Å². The SMILES string of the molecule is COC(=O)c1c(N)c(C#N)cn1-c1c(Br)cc(Br)cc1Br. The number of halogens is 3. The molecule has 0 bridgehead atoms. The van der Waals surface area contributed by atoms with Crippen molar-refractivity contribution in [2.24, 2.45) is 0 Å². The summed E-state index contributed by atoms with van der Waals surface area (Å²) in [6, 6.07) is 5.61. The summed E-state index contributed by atoms with van der Waals surface area (Å²) in [5.41, 5.74) is 6.92. The molecule has 0 aliphatic carbocycles. The third-order valence-corrected chi connectivity index (χ3v) is 4.43. The highest BCUT2D eigenvalue weighted by Crippen LogP contribution is 2.36. The number of methoxy groups -OCH3 is 1. The number of aromatic nitrogens is 1. The van der Waals surface area contributed by atoms with Gasteiger partial charge in [0.05, 0.1) is 24.0 Å². The van der Waals surface area contributed by atoms with Crippen molar-refractivity contribution in [1.29, 1.82) is 5.26 Å². The maximum absolute atomic E-state index is 12.0. The zero-order valence-electron chi connectivity index (χ0n) is 10.7. The van der Waals surface area contributed by atoms with Gasteiger partial charge in [-0.2, -0.15) is 5.26 Å². The van der Waals surface area contributed by atoms with Crippen LogP contribution in [0, 0.1) is 11.3 Å². The number of anilines is 1. The molecule has 0 atom stereocenters. The Balaban J connectivity index is 2.82. The summed E-state index contributed by atoms with van der Waals surface area (Å²) in [4.78, 5) is 12.0. The van der Waals surface area contributed by atoms with Crippen LogP contribution in [0.15, 0.2) is 31.7 Å². The van der Waals surface area contributed by atoms with Gasteiger partial charge in [-0.1, -0.05) is 15.9 Å². The van der Waals surface area contributed by atoms with Crippen molar-refractivity contribution in [2.75, 3.05) is 12.8 Å². The molecule has 0 radical (unpaired) electrons. The van der Waals surface area contributed by atoms with E-state index in [1.165, 1.54) is 17.9 Å². The molecule has 2 N–H and O–H groups in total. The number of ether oxygens (including phenoxy) is 1. The Kier molecular flexibility index (Phi) is 4.76. The lowest BCUT2D eigenvalue weighted by Crippen LogP contribution is -2.11. The average Bonchev–Trinajstić information content (AvgIpc) is 2.73. The molecule has 0 spiro atoms. The van der Waals surface area contributed by atoms with Crippen LogP contribution in [0.25, 0.3) is 5.69 Å². The van der Waals surface area contributed by atoms with Crippen molar-refractivity contribution >= 4 is 59.4 Å². The third-order valence-electron chi connectivity index (χ3n) is 2.77. The van der Waals surface area contributed by atoms with Gasteiger partial charge in [-0.15, -0.1) is 0 Å². The first-order valence-corrected chi connectivity index (χ1v) is 7.92. The number of hydrogen-bond donors (Lipinski definition) is 1.